The van der Waals surface area contributed by atoms with E-state index in [-0.39, 0.29) is 29.8 Å². The maximum Gasteiger partial charge on any atom is 0.231 e. The lowest BCUT2D eigenvalue weighted by Gasteiger charge is -2.19. The van der Waals surface area contributed by atoms with Crippen LogP contribution in [-0.4, -0.2) is 22.1 Å². The van der Waals surface area contributed by atoms with Crippen LogP contribution in [0, 0.1) is 0 Å². The first-order valence-corrected chi connectivity index (χ1v) is 5.30. The van der Waals surface area contributed by atoms with E-state index in [9.17, 15) is 15.3 Å². The summed E-state index contributed by atoms with van der Waals surface area (Å²) in [6.45, 7) is 0.0427. The number of phenols is 3. The molecule has 3 rings (SSSR count). The summed E-state index contributed by atoms with van der Waals surface area (Å²) >= 11 is 0. The van der Waals surface area contributed by atoms with E-state index in [2.05, 4.69) is 0 Å². The van der Waals surface area contributed by atoms with Crippen LogP contribution in [0.3, 0.4) is 0 Å². The molecule has 92 valence electrons. The van der Waals surface area contributed by atoms with Gasteiger partial charge in [-0.3, -0.25) is 0 Å². The number of benzene rings is 2. The van der Waals surface area contributed by atoms with Gasteiger partial charge in [-0.1, -0.05) is 0 Å². The van der Waals surface area contributed by atoms with Crippen LogP contribution in [0.25, 0.3) is 11.1 Å². The van der Waals surface area contributed by atoms with Gasteiger partial charge in [0.05, 0.1) is 0 Å². The van der Waals surface area contributed by atoms with Crippen molar-refractivity contribution in [1.29, 1.82) is 0 Å². The van der Waals surface area contributed by atoms with E-state index in [0.717, 1.165) is 0 Å². The second kappa shape index (κ2) is 3.73. The maximum absolute atomic E-state index is 10.0. The monoisotopic (exact) mass is 246 g/mol. The molecule has 5 heteroatoms. The Hall–Kier alpha value is -2.56. The van der Waals surface area contributed by atoms with E-state index in [4.69, 9.17) is 9.47 Å². The minimum Gasteiger partial charge on any atom is -0.508 e. The van der Waals surface area contributed by atoms with Crippen LogP contribution in [0.2, 0.25) is 0 Å². The fraction of sp³-hybridized carbons (Fsp3) is 0.0769. The molecule has 0 saturated heterocycles. The lowest BCUT2D eigenvalue weighted by molar-refractivity contribution is 0.102. The smallest absolute Gasteiger partial charge is 0.231 e. The van der Waals surface area contributed by atoms with Gasteiger partial charge in [0, 0.05) is 17.2 Å². The molecule has 18 heavy (non-hydrogen) atoms. The van der Waals surface area contributed by atoms with Gasteiger partial charge in [-0.2, -0.15) is 0 Å². The molecule has 0 aliphatic carbocycles. The predicted molar refractivity (Wildman–Crippen MR) is 63.0 cm³/mol. The summed E-state index contributed by atoms with van der Waals surface area (Å²) < 4.78 is 10.3. The fourth-order valence-corrected chi connectivity index (χ4v) is 1.88. The summed E-state index contributed by atoms with van der Waals surface area (Å²) in [7, 11) is 0. The Bertz CT molecular complexity index is 621. The lowest BCUT2D eigenvalue weighted by Crippen LogP contribution is -2.10. The molecule has 0 atom stereocenters. The van der Waals surface area contributed by atoms with E-state index in [1.165, 1.54) is 18.2 Å². The van der Waals surface area contributed by atoms with Crippen LogP contribution in [0.1, 0.15) is 0 Å². The largest absolute Gasteiger partial charge is 0.508 e. The van der Waals surface area contributed by atoms with Crippen molar-refractivity contribution in [2.75, 3.05) is 6.79 Å². The Labute approximate surface area is 102 Å². The van der Waals surface area contributed by atoms with E-state index < -0.39 is 0 Å². The quantitative estimate of drug-likeness (QED) is 0.672. The average Bonchev–Trinajstić information content (AvgIpc) is 2.37. The van der Waals surface area contributed by atoms with Crippen molar-refractivity contribution in [3.05, 3.63) is 30.3 Å². The second-order valence-corrected chi connectivity index (χ2v) is 3.93. The number of phenolic OH excluding ortho intramolecular Hbond substituents is 3. The molecule has 0 spiro atoms. The molecule has 0 radical (unpaired) electrons. The summed E-state index contributed by atoms with van der Waals surface area (Å²) in [5.41, 5.74) is 0.653. The topological polar surface area (TPSA) is 79.2 Å². The van der Waals surface area contributed by atoms with Crippen LogP contribution in [0.4, 0.5) is 0 Å². The fourth-order valence-electron chi connectivity index (χ4n) is 1.88. The van der Waals surface area contributed by atoms with Gasteiger partial charge in [-0.15, -0.1) is 0 Å². The molecular formula is C13H10O5. The number of hydrogen-bond acceptors (Lipinski definition) is 5. The van der Waals surface area contributed by atoms with Gasteiger partial charge in [-0.25, -0.2) is 0 Å². The molecule has 1 heterocycles. The molecule has 3 N–H and O–H groups in total. The number of ether oxygens (including phenoxy) is 2. The highest BCUT2D eigenvalue weighted by molar-refractivity contribution is 5.80. The number of aromatic hydroxyl groups is 3. The standard InChI is InChI=1S/C13H10O5/c14-7-1-2-11(15)9(3-7)10-4-8-5-12(13(10)16)18-6-17-8/h1-5,14-16H,6H2. The zero-order valence-electron chi connectivity index (χ0n) is 9.25. The number of fused-ring (bicyclic) bond motifs is 2. The van der Waals surface area contributed by atoms with Crippen LogP contribution in [0.15, 0.2) is 30.3 Å². The lowest BCUT2D eigenvalue weighted by atomic mass is 10.0. The average molecular weight is 246 g/mol. The molecular weight excluding hydrogens is 236 g/mol. The van der Waals surface area contributed by atoms with Crippen molar-refractivity contribution in [3.8, 4) is 39.9 Å². The Kier molecular flexibility index (Phi) is 2.19. The van der Waals surface area contributed by atoms with Gasteiger partial charge in [0.15, 0.2) is 11.5 Å². The molecule has 0 aromatic heterocycles. The van der Waals surface area contributed by atoms with Gasteiger partial charge >= 0.3 is 0 Å². The van der Waals surface area contributed by atoms with E-state index >= 15 is 0 Å². The highest BCUT2D eigenvalue weighted by Gasteiger charge is 2.19. The Morgan fingerprint density at radius 3 is 2.56 bits per heavy atom. The van der Waals surface area contributed by atoms with Gasteiger partial charge in [0.2, 0.25) is 6.79 Å². The molecule has 0 amide bonds. The maximum atomic E-state index is 10.0. The van der Waals surface area contributed by atoms with Gasteiger partial charge in [-0.05, 0) is 24.3 Å². The van der Waals surface area contributed by atoms with Crippen molar-refractivity contribution in [3.63, 3.8) is 0 Å². The molecule has 2 bridgehead atoms. The third-order valence-electron chi connectivity index (χ3n) is 2.76. The minimum absolute atomic E-state index is 0.00644. The summed E-state index contributed by atoms with van der Waals surface area (Å²) in [6.07, 6.45) is 0. The first kappa shape index (κ1) is 10.6. The summed E-state index contributed by atoms with van der Waals surface area (Å²) in [5, 5.41) is 29.3. The minimum atomic E-state index is -0.0945. The molecule has 0 fully saturated rings. The normalized spacial score (nSPS) is 12.7. The Morgan fingerprint density at radius 1 is 0.889 bits per heavy atom. The number of rotatable bonds is 1. The third kappa shape index (κ3) is 1.57. The summed E-state index contributed by atoms with van der Waals surface area (Å²) in [6, 6.07) is 7.21. The summed E-state index contributed by atoms with van der Waals surface area (Å²) in [4.78, 5) is 0. The van der Waals surface area contributed by atoms with Crippen LogP contribution < -0.4 is 9.47 Å². The highest BCUT2D eigenvalue weighted by atomic mass is 16.7. The molecule has 5 nitrogen and oxygen atoms in total. The summed E-state index contributed by atoms with van der Waals surface area (Å²) in [5.74, 6) is 0.672. The zero-order valence-corrected chi connectivity index (χ0v) is 9.25. The number of hydrogen-bond donors (Lipinski definition) is 3. The molecule has 2 aromatic rings. The van der Waals surface area contributed by atoms with Gasteiger partial charge in [0.25, 0.3) is 0 Å². The van der Waals surface area contributed by atoms with Crippen molar-refractivity contribution in [2.24, 2.45) is 0 Å². The molecule has 0 saturated carbocycles. The predicted octanol–water partition coefficient (Wildman–Crippen LogP) is 2.20. The van der Waals surface area contributed by atoms with Gasteiger partial charge < -0.3 is 24.8 Å². The van der Waals surface area contributed by atoms with Crippen LogP contribution in [-0.2, 0) is 0 Å². The molecule has 1 aliphatic heterocycles. The SMILES string of the molecule is Oc1ccc(O)c(-c2cc3cc(c2O)OCO3)c1. The van der Waals surface area contributed by atoms with Crippen molar-refractivity contribution in [2.45, 2.75) is 0 Å². The van der Waals surface area contributed by atoms with Crippen molar-refractivity contribution in [1.82, 2.24) is 0 Å². The zero-order chi connectivity index (χ0) is 12.7. The first-order valence-electron chi connectivity index (χ1n) is 5.30. The van der Waals surface area contributed by atoms with Crippen LogP contribution >= 0.6 is 0 Å². The van der Waals surface area contributed by atoms with E-state index in [1.54, 1.807) is 12.1 Å². The van der Waals surface area contributed by atoms with Crippen molar-refractivity contribution < 1.29 is 24.8 Å². The van der Waals surface area contributed by atoms with Crippen molar-refractivity contribution >= 4 is 0 Å². The van der Waals surface area contributed by atoms with Crippen LogP contribution in [0.5, 0.6) is 28.7 Å². The Balaban J connectivity index is 2.23. The van der Waals surface area contributed by atoms with E-state index in [0.29, 0.717) is 16.9 Å². The first-order chi connectivity index (χ1) is 8.65. The molecule has 1 aliphatic rings. The highest BCUT2D eigenvalue weighted by Crippen LogP contribution is 2.45. The Morgan fingerprint density at radius 2 is 1.72 bits per heavy atom. The molecule has 0 unspecified atom stereocenters. The third-order valence-corrected chi connectivity index (χ3v) is 2.76. The molecule has 2 aromatic carbocycles. The van der Waals surface area contributed by atoms with Gasteiger partial charge in [0.1, 0.15) is 17.2 Å². The van der Waals surface area contributed by atoms with E-state index in [1.807, 2.05) is 0 Å². The second-order valence-electron chi connectivity index (χ2n) is 3.93.